The van der Waals surface area contributed by atoms with Crippen LogP contribution in [-0.2, 0) is 16.1 Å². The maximum Gasteiger partial charge on any atom is 0.245 e. The first-order chi connectivity index (χ1) is 9.65. The number of rotatable bonds is 2. The van der Waals surface area contributed by atoms with Gasteiger partial charge in [-0.05, 0) is 41.3 Å². The van der Waals surface area contributed by atoms with Gasteiger partial charge in [-0.3, -0.25) is 9.59 Å². The largest absolute Gasteiger partial charge is 0.335 e. The predicted molar refractivity (Wildman–Crippen MR) is 81.4 cm³/mol. The Kier molecular flexibility index (Phi) is 4.12. The fourth-order valence-corrected chi connectivity index (χ4v) is 4.43. The quantitative estimate of drug-likeness (QED) is 0.817. The Balaban J connectivity index is 1.78. The normalized spacial score (nSPS) is 23.8. The van der Waals surface area contributed by atoms with Crippen LogP contribution in [0.3, 0.4) is 0 Å². The highest BCUT2D eigenvalue weighted by molar-refractivity contribution is 9.10. The summed E-state index contributed by atoms with van der Waals surface area (Å²) in [6.45, 7) is 1.90. The average Bonchev–Trinajstić information content (AvgIpc) is 2.82. The maximum atomic E-state index is 12.7. The predicted octanol–water partition coefficient (Wildman–Crippen LogP) is 2.62. The molecule has 2 aliphatic heterocycles. The topological polar surface area (TPSA) is 40.6 Å². The Hall–Kier alpha value is -0.880. The summed E-state index contributed by atoms with van der Waals surface area (Å²) in [6.07, 6.45) is 3.33. The van der Waals surface area contributed by atoms with Crippen LogP contribution in [0.5, 0.6) is 0 Å². The number of carbonyl (C=O) groups is 2. The second-order valence-electron chi connectivity index (χ2n) is 5.34. The van der Waals surface area contributed by atoms with Crippen molar-refractivity contribution in [2.24, 2.45) is 0 Å². The average molecular weight is 357 g/mol. The number of piperidine rings is 1. The molecular formula is C14H17BrN2O2S. The van der Waals surface area contributed by atoms with Crippen LogP contribution in [0.25, 0.3) is 0 Å². The highest BCUT2D eigenvalue weighted by atomic mass is 79.9. The molecule has 0 spiro atoms. The molecule has 0 N–H and O–H groups in total. The first-order valence-electron chi connectivity index (χ1n) is 6.96. The first-order valence-corrected chi connectivity index (χ1v) is 8.63. The van der Waals surface area contributed by atoms with Crippen LogP contribution in [-0.4, -0.2) is 40.7 Å². The molecule has 2 aliphatic rings. The van der Waals surface area contributed by atoms with Crippen molar-refractivity contribution >= 4 is 39.1 Å². The number of carbonyl (C=O) groups excluding carboxylic acids is 2. The number of amides is 2. The third-order valence-corrected chi connectivity index (χ3v) is 5.67. The van der Waals surface area contributed by atoms with E-state index in [0.717, 1.165) is 35.2 Å². The van der Waals surface area contributed by atoms with Crippen molar-refractivity contribution in [3.05, 3.63) is 20.8 Å². The molecule has 3 rings (SSSR count). The van der Waals surface area contributed by atoms with Crippen molar-refractivity contribution in [2.45, 2.75) is 38.3 Å². The van der Waals surface area contributed by atoms with Gasteiger partial charge < -0.3 is 9.80 Å². The van der Waals surface area contributed by atoms with E-state index in [1.807, 2.05) is 16.3 Å². The van der Waals surface area contributed by atoms with Crippen LogP contribution >= 0.6 is 27.3 Å². The van der Waals surface area contributed by atoms with Gasteiger partial charge in [0.15, 0.2) is 0 Å². The monoisotopic (exact) mass is 356 g/mol. The van der Waals surface area contributed by atoms with Gasteiger partial charge in [0.25, 0.3) is 0 Å². The number of hydrogen-bond acceptors (Lipinski definition) is 3. The minimum absolute atomic E-state index is 0.125. The lowest BCUT2D eigenvalue weighted by Crippen LogP contribution is -2.49. The molecule has 0 saturated carbocycles. The van der Waals surface area contributed by atoms with Gasteiger partial charge in [0.2, 0.25) is 11.8 Å². The van der Waals surface area contributed by atoms with Crippen LogP contribution in [0.2, 0.25) is 0 Å². The Morgan fingerprint density at radius 3 is 2.90 bits per heavy atom. The van der Waals surface area contributed by atoms with E-state index in [2.05, 4.69) is 15.9 Å². The molecule has 1 aromatic heterocycles. The molecule has 3 heterocycles. The van der Waals surface area contributed by atoms with Gasteiger partial charge in [-0.15, -0.1) is 11.3 Å². The van der Waals surface area contributed by atoms with Crippen LogP contribution in [0.1, 0.15) is 30.6 Å². The molecule has 1 unspecified atom stereocenters. The summed E-state index contributed by atoms with van der Waals surface area (Å²) in [5.41, 5.74) is 0. The standard InChI is InChI=1S/C14H17BrN2O2S/c15-10-7-11(20-9-10)8-16-6-4-13(18)17-5-2-1-3-12(17)14(16)19/h7,9,12H,1-6,8H2. The van der Waals surface area contributed by atoms with Gasteiger partial charge in [0.05, 0.1) is 6.54 Å². The number of halogens is 1. The lowest BCUT2D eigenvalue weighted by atomic mass is 10.0. The fraction of sp³-hybridized carbons (Fsp3) is 0.571. The first kappa shape index (κ1) is 14.1. The Morgan fingerprint density at radius 1 is 1.30 bits per heavy atom. The van der Waals surface area contributed by atoms with E-state index in [9.17, 15) is 9.59 Å². The molecule has 4 nitrogen and oxygen atoms in total. The Labute approximate surface area is 130 Å². The van der Waals surface area contributed by atoms with E-state index in [-0.39, 0.29) is 17.9 Å². The molecule has 0 aliphatic carbocycles. The lowest BCUT2D eigenvalue weighted by Gasteiger charge is -2.34. The molecule has 1 atom stereocenters. The third-order valence-electron chi connectivity index (χ3n) is 3.98. The van der Waals surface area contributed by atoms with E-state index in [4.69, 9.17) is 0 Å². The smallest absolute Gasteiger partial charge is 0.245 e. The van der Waals surface area contributed by atoms with Crippen molar-refractivity contribution in [1.29, 1.82) is 0 Å². The maximum absolute atomic E-state index is 12.7. The second kappa shape index (κ2) is 5.85. The van der Waals surface area contributed by atoms with Crippen LogP contribution in [0.4, 0.5) is 0 Å². The minimum atomic E-state index is -0.220. The summed E-state index contributed by atoms with van der Waals surface area (Å²) in [6, 6.07) is 1.82. The van der Waals surface area contributed by atoms with Crippen molar-refractivity contribution in [3.63, 3.8) is 0 Å². The molecule has 1 aromatic rings. The minimum Gasteiger partial charge on any atom is -0.335 e. The highest BCUT2D eigenvalue weighted by Gasteiger charge is 2.37. The van der Waals surface area contributed by atoms with Gasteiger partial charge in [-0.1, -0.05) is 0 Å². The molecule has 6 heteroatoms. The van der Waals surface area contributed by atoms with Gasteiger partial charge >= 0.3 is 0 Å². The zero-order chi connectivity index (χ0) is 14.1. The van der Waals surface area contributed by atoms with Crippen molar-refractivity contribution in [3.8, 4) is 0 Å². The van der Waals surface area contributed by atoms with E-state index >= 15 is 0 Å². The van der Waals surface area contributed by atoms with E-state index < -0.39 is 0 Å². The molecule has 2 saturated heterocycles. The summed E-state index contributed by atoms with van der Waals surface area (Å²) >= 11 is 5.08. The molecule has 0 bridgehead atoms. The van der Waals surface area contributed by atoms with Crippen LogP contribution in [0, 0.1) is 0 Å². The number of nitrogens with zero attached hydrogens (tertiary/aromatic N) is 2. The molecule has 0 aromatic carbocycles. The number of hydrogen-bond donors (Lipinski definition) is 0. The Bertz CT molecular complexity index is 531. The van der Waals surface area contributed by atoms with Crippen LogP contribution in [0.15, 0.2) is 15.9 Å². The highest BCUT2D eigenvalue weighted by Crippen LogP contribution is 2.26. The zero-order valence-corrected chi connectivity index (χ0v) is 13.6. The summed E-state index contributed by atoms with van der Waals surface area (Å²) in [7, 11) is 0. The van der Waals surface area contributed by atoms with E-state index in [1.165, 1.54) is 0 Å². The summed E-state index contributed by atoms with van der Waals surface area (Å²) in [5, 5.41) is 2.02. The van der Waals surface area contributed by atoms with E-state index in [0.29, 0.717) is 19.5 Å². The third kappa shape index (κ3) is 2.76. The van der Waals surface area contributed by atoms with Gasteiger partial charge in [0, 0.05) is 34.2 Å². The van der Waals surface area contributed by atoms with Crippen molar-refractivity contribution < 1.29 is 9.59 Å². The molecule has 20 heavy (non-hydrogen) atoms. The molecule has 108 valence electrons. The molecule has 2 amide bonds. The summed E-state index contributed by atoms with van der Waals surface area (Å²) in [5.74, 6) is 0.262. The molecule has 0 radical (unpaired) electrons. The molecule has 2 fully saturated rings. The second-order valence-corrected chi connectivity index (χ2v) is 7.25. The lowest BCUT2D eigenvalue weighted by molar-refractivity contribution is -0.143. The van der Waals surface area contributed by atoms with Crippen molar-refractivity contribution in [2.75, 3.05) is 13.1 Å². The number of thiophene rings is 1. The van der Waals surface area contributed by atoms with Gasteiger partial charge in [0.1, 0.15) is 6.04 Å². The molecular weight excluding hydrogens is 340 g/mol. The summed E-state index contributed by atoms with van der Waals surface area (Å²) in [4.78, 5) is 29.6. The van der Waals surface area contributed by atoms with Gasteiger partial charge in [-0.2, -0.15) is 0 Å². The van der Waals surface area contributed by atoms with Gasteiger partial charge in [-0.25, -0.2) is 0 Å². The zero-order valence-electron chi connectivity index (χ0n) is 11.2. The Morgan fingerprint density at radius 2 is 2.15 bits per heavy atom. The fourth-order valence-electron chi connectivity index (χ4n) is 2.96. The number of fused-ring (bicyclic) bond motifs is 1. The van der Waals surface area contributed by atoms with Crippen molar-refractivity contribution in [1.82, 2.24) is 9.80 Å². The SMILES string of the molecule is O=C1C2CCCCN2C(=O)CCN1Cc1cc(Br)cs1. The van der Waals surface area contributed by atoms with Crippen LogP contribution < -0.4 is 0 Å². The summed E-state index contributed by atoms with van der Waals surface area (Å²) < 4.78 is 1.05. The van der Waals surface area contributed by atoms with E-state index in [1.54, 1.807) is 16.2 Å².